The third kappa shape index (κ3) is 1.07. The highest BCUT2D eigenvalue weighted by atomic mass is 16.3. The van der Waals surface area contributed by atoms with Crippen LogP contribution in [0.3, 0.4) is 0 Å². The molecule has 1 rings (SSSR count). The van der Waals surface area contributed by atoms with Crippen LogP contribution in [0.25, 0.3) is 0 Å². The number of H-pyrrole nitrogens is 1. The molecule has 0 fully saturated rings. The Bertz CT molecular complexity index is 266. The lowest BCUT2D eigenvalue weighted by atomic mass is 10.3. The summed E-state index contributed by atoms with van der Waals surface area (Å²) in [6.45, 7) is 1.55. The van der Waals surface area contributed by atoms with Crippen LogP contribution in [0, 0.1) is 6.92 Å². The van der Waals surface area contributed by atoms with Gasteiger partial charge in [-0.3, -0.25) is 4.79 Å². The van der Waals surface area contributed by atoms with Crippen molar-refractivity contribution in [1.82, 2.24) is 10.2 Å². The SMILES string of the molecule is Cc1cc(=O)[nH]nc1[O-]. The molecule has 0 atom stereocenters. The van der Waals surface area contributed by atoms with Crippen molar-refractivity contribution in [2.75, 3.05) is 0 Å². The van der Waals surface area contributed by atoms with E-state index in [9.17, 15) is 9.90 Å². The zero-order valence-corrected chi connectivity index (χ0v) is 4.84. The molecular weight excluding hydrogens is 120 g/mol. The van der Waals surface area contributed by atoms with Crippen molar-refractivity contribution in [1.29, 1.82) is 0 Å². The van der Waals surface area contributed by atoms with Gasteiger partial charge < -0.3 is 5.11 Å². The molecule has 4 heteroatoms. The van der Waals surface area contributed by atoms with Gasteiger partial charge in [0.1, 0.15) is 0 Å². The summed E-state index contributed by atoms with van der Waals surface area (Å²) in [5.74, 6) is -0.380. The van der Waals surface area contributed by atoms with E-state index >= 15 is 0 Å². The lowest BCUT2D eigenvalue weighted by Gasteiger charge is -2.03. The fourth-order valence-corrected chi connectivity index (χ4v) is 0.485. The van der Waals surface area contributed by atoms with E-state index < -0.39 is 0 Å². The molecule has 4 nitrogen and oxygen atoms in total. The number of aryl methyl sites for hydroxylation is 1. The van der Waals surface area contributed by atoms with E-state index in [0.717, 1.165) is 0 Å². The summed E-state index contributed by atoms with van der Waals surface area (Å²) < 4.78 is 0. The average molecular weight is 125 g/mol. The Hall–Kier alpha value is -1.32. The van der Waals surface area contributed by atoms with Crippen molar-refractivity contribution in [3.05, 3.63) is 22.0 Å². The summed E-state index contributed by atoms with van der Waals surface area (Å²) in [5.41, 5.74) is 0.0332. The van der Waals surface area contributed by atoms with Gasteiger partial charge in [0.15, 0.2) is 0 Å². The normalized spacial score (nSPS) is 9.44. The fraction of sp³-hybridized carbons (Fsp3) is 0.200. The molecule has 0 aromatic carbocycles. The summed E-state index contributed by atoms with van der Waals surface area (Å²) in [7, 11) is 0. The van der Waals surface area contributed by atoms with E-state index in [2.05, 4.69) is 5.10 Å². The molecule has 0 amide bonds. The molecule has 1 aromatic heterocycles. The van der Waals surface area contributed by atoms with E-state index in [4.69, 9.17) is 0 Å². The van der Waals surface area contributed by atoms with E-state index in [1.54, 1.807) is 6.92 Å². The molecule has 0 aliphatic carbocycles. The highest BCUT2D eigenvalue weighted by Gasteiger charge is 1.86. The number of nitrogens with zero attached hydrogens (tertiary/aromatic N) is 1. The maximum Gasteiger partial charge on any atom is 0.264 e. The second-order valence-electron chi connectivity index (χ2n) is 1.72. The van der Waals surface area contributed by atoms with Gasteiger partial charge in [0.25, 0.3) is 5.56 Å². The van der Waals surface area contributed by atoms with Crippen LogP contribution in [0.5, 0.6) is 5.88 Å². The minimum Gasteiger partial charge on any atom is -0.857 e. The minimum atomic E-state index is -0.380. The van der Waals surface area contributed by atoms with Crippen LogP contribution in [-0.2, 0) is 0 Å². The van der Waals surface area contributed by atoms with E-state index in [1.165, 1.54) is 6.07 Å². The largest absolute Gasteiger partial charge is 0.857 e. The fourth-order valence-electron chi connectivity index (χ4n) is 0.485. The van der Waals surface area contributed by atoms with Crippen molar-refractivity contribution in [2.24, 2.45) is 0 Å². The van der Waals surface area contributed by atoms with Crippen LogP contribution in [0.2, 0.25) is 0 Å². The molecule has 0 aliphatic heterocycles. The van der Waals surface area contributed by atoms with Gasteiger partial charge in [-0.05, 0) is 12.5 Å². The van der Waals surface area contributed by atoms with Crippen molar-refractivity contribution in [3.63, 3.8) is 0 Å². The molecule has 1 N–H and O–H groups in total. The Morgan fingerprint density at radius 2 is 2.44 bits per heavy atom. The summed E-state index contributed by atoms with van der Waals surface area (Å²) in [6.07, 6.45) is 0. The van der Waals surface area contributed by atoms with Crippen LogP contribution < -0.4 is 10.7 Å². The van der Waals surface area contributed by atoms with Crippen molar-refractivity contribution in [3.8, 4) is 5.88 Å². The Morgan fingerprint density at radius 3 is 2.89 bits per heavy atom. The van der Waals surface area contributed by atoms with Gasteiger partial charge in [-0.25, -0.2) is 5.10 Å². The molecule has 0 unspecified atom stereocenters. The molecule has 48 valence electrons. The third-order valence-electron chi connectivity index (χ3n) is 0.953. The predicted molar refractivity (Wildman–Crippen MR) is 29.0 cm³/mol. The van der Waals surface area contributed by atoms with E-state index in [0.29, 0.717) is 5.56 Å². The standard InChI is InChI=1S/C5H6N2O2/c1-3-2-4(8)6-7-5(3)9/h2H,1H3,(H,6,8)(H,7,9)/p-1. The minimum absolute atomic E-state index is 0.341. The van der Waals surface area contributed by atoms with Gasteiger partial charge in [0.2, 0.25) is 0 Å². The topological polar surface area (TPSA) is 68.8 Å². The lowest BCUT2D eigenvalue weighted by Crippen LogP contribution is -2.10. The molecule has 0 bridgehead atoms. The highest BCUT2D eigenvalue weighted by molar-refractivity contribution is 5.17. The summed E-state index contributed by atoms with van der Waals surface area (Å²) in [6, 6.07) is 1.22. The summed E-state index contributed by atoms with van der Waals surface area (Å²) in [5, 5.41) is 15.7. The van der Waals surface area contributed by atoms with Crippen molar-refractivity contribution >= 4 is 0 Å². The van der Waals surface area contributed by atoms with Gasteiger partial charge in [-0.15, -0.1) is 0 Å². The second kappa shape index (κ2) is 1.89. The highest BCUT2D eigenvalue weighted by Crippen LogP contribution is 1.99. The number of aromatic amines is 1. The van der Waals surface area contributed by atoms with Gasteiger partial charge in [0, 0.05) is 11.9 Å². The number of aromatic nitrogens is 2. The first-order valence-corrected chi connectivity index (χ1v) is 2.43. The number of hydrogen-bond acceptors (Lipinski definition) is 3. The Balaban J connectivity index is 3.34. The Kier molecular flexibility index (Phi) is 1.22. The van der Waals surface area contributed by atoms with Gasteiger partial charge in [0.05, 0.1) is 0 Å². The second-order valence-corrected chi connectivity index (χ2v) is 1.72. The van der Waals surface area contributed by atoms with E-state index in [-0.39, 0.29) is 11.4 Å². The number of hydrogen-bond donors (Lipinski definition) is 1. The van der Waals surface area contributed by atoms with Gasteiger partial charge in [-0.1, -0.05) is 0 Å². The number of nitrogens with one attached hydrogen (secondary N) is 1. The summed E-state index contributed by atoms with van der Waals surface area (Å²) in [4.78, 5) is 10.4. The van der Waals surface area contributed by atoms with Crippen LogP contribution in [0.1, 0.15) is 5.56 Å². The molecule has 0 spiro atoms. The van der Waals surface area contributed by atoms with Crippen LogP contribution in [-0.4, -0.2) is 10.2 Å². The van der Waals surface area contributed by atoms with Gasteiger partial charge >= 0.3 is 0 Å². The zero-order valence-electron chi connectivity index (χ0n) is 4.84. The number of rotatable bonds is 0. The van der Waals surface area contributed by atoms with E-state index in [1.807, 2.05) is 5.10 Å². The lowest BCUT2D eigenvalue weighted by molar-refractivity contribution is -0.276. The Morgan fingerprint density at radius 1 is 1.78 bits per heavy atom. The molecule has 1 heterocycles. The molecule has 1 aromatic rings. The third-order valence-corrected chi connectivity index (χ3v) is 0.953. The monoisotopic (exact) mass is 125 g/mol. The molecule has 9 heavy (non-hydrogen) atoms. The first kappa shape index (κ1) is 5.81. The van der Waals surface area contributed by atoms with Gasteiger partial charge in [-0.2, -0.15) is 5.10 Å². The van der Waals surface area contributed by atoms with Crippen LogP contribution in [0.4, 0.5) is 0 Å². The smallest absolute Gasteiger partial charge is 0.264 e. The van der Waals surface area contributed by atoms with Crippen molar-refractivity contribution < 1.29 is 5.11 Å². The first-order chi connectivity index (χ1) is 4.20. The maximum absolute atomic E-state index is 10.5. The quantitative estimate of drug-likeness (QED) is 0.491. The molecule has 0 radical (unpaired) electrons. The zero-order chi connectivity index (χ0) is 6.85. The molecular formula is C5H5N2O2-. The van der Waals surface area contributed by atoms with Crippen LogP contribution >= 0.6 is 0 Å². The molecule has 0 saturated carbocycles. The van der Waals surface area contributed by atoms with Crippen LogP contribution in [0.15, 0.2) is 10.9 Å². The predicted octanol–water partition coefficient (Wildman–Crippen LogP) is -0.848. The average Bonchev–Trinajstić information content (AvgIpc) is 1.80. The molecule has 0 aliphatic rings. The molecule has 0 saturated heterocycles. The first-order valence-electron chi connectivity index (χ1n) is 2.43. The van der Waals surface area contributed by atoms with Crippen molar-refractivity contribution in [2.45, 2.75) is 6.92 Å². The Labute approximate surface area is 51.2 Å². The summed E-state index contributed by atoms with van der Waals surface area (Å²) >= 11 is 0. The maximum atomic E-state index is 10.5.